The Morgan fingerprint density at radius 3 is 1.12 bits per heavy atom. The average molecular weight is 561 g/mol. The van der Waals surface area contributed by atoms with Gasteiger partial charge in [0, 0.05) is 11.4 Å². The molecule has 0 unspecified atom stereocenters. The number of nitrogens with two attached hydrogens (primary N) is 2. The molecule has 0 saturated carbocycles. The molecule has 0 radical (unpaired) electrons. The summed E-state index contributed by atoms with van der Waals surface area (Å²) >= 11 is 0. The van der Waals surface area contributed by atoms with E-state index < -0.39 is 0 Å². The van der Waals surface area contributed by atoms with Crippen LogP contribution < -0.4 is 11.5 Å². The number of unbranched alkanes of at least 4 members (excludes halogenated alkanes) is 5. The Labute approximate surface area is 255 Å². The van der Waals surface area contributed by atoms with Crippen LogP contribution in [0.3, 0.4) is 0 Å². The number of nitrogen functional groups attached to an aromatic ring is 2. The fourth-order valence-electron chi connectivity index (χ4n) is 5.99. The van der Waals surface area contributed by atoms with Gasteiger partial charge in [0.05, 0.1) is 0 Å². The van der Waals surface area contributed by atoms with Crippen molar-refractivity contribution in [3.05, 3.63) is 129 Å². The first kappa shape index (κ1) is 31.4. The van der Waals surface area contributed by atoms with Crippen molar-refractivity contribution in [2.45, 2.75) is 104 Å². The number of benzene rings is 4. The van der Waals surface area contributed by atoms with Gasteiger partial charge in [-0.05, 0) is 133 Å². The van der Waals surface area contributed by atoms with E-state index in [0.717, 1.165) is 24.2 Å². The monoisotopic (exact) mass is 560 g/mol. The zero-order chi connectivity index (χ0) is 29.6. The van der Waals surface area contributed by atoms with Gasteiger partial charge in [-0.2, -0.15) is 0 Å². The van der Waals surface area contributed by atoms with Gasteiger partial charge in [0.1, 0.15) is 0 Å². The standard InChI is InChI=1S/C40H52N2/c1-3-5-11-37-29-33(27-31-17-23-39(41)24-18-31)15-21-35(37)13-9-7-8-10-14-36-22-16-34(30-38(36)12-6-4-2)28-32-19-25-40(42)26-20-32/h15-26,29-30H,3-14,27-28,41-42H2,1-2H3. The van der Waals surface area contributed by atoms with E-state index in [0.29, 0.717) is 0 Å². The van der Waals surface area contributed by atoms with Crippen molar-refractivity contribution >= 4 is 11.4 Å². The first-order valence-corrected chi connectivity index (χ1v) is 16.4. The highest BCUT2D eigenvalue weighted by molar-refractivity contribution is 5.43. The fraction of sp³-hybridized carbons (Fsp3) is 0.400. The van der Waals surface area contributed by atoms with Crippen LogP contribution in [-0.2, 0) is 38.5 Å². The number of rotatable bonds is 17. The van der Waals surface area contributed by atoms with E-state index in [1.54, 1.807) is 22.3 Å². The number of aryl methyl sites for hydroxylation is 4. The Kier molecular flexibility index (Phi) is 12.6. The van der Waals surface area contributed by atoms with E-state index in [2.05, 4.69) is 74.5 Å². The normalized spacial score (nSPS) is 11.2. The molecule has 222 valence electrons. The average Bonchev–Trinajstić information content (AvgIpc) is 3.00. The van der Waals surface area contributed by atoms with Crippen molar-refractivity contribution in [2.24, 2.45) is 0 Å². The third-order valence-corrected chi connectivity index (χ3v) is 8.56. The van der Waals surface area contributed by atoms with E-state index in [9.17, 15) is 0 Å². The van der Waals surface area contributed by atoms with Crippen LogP contribution in [0.4, 0.5) is 11.4 Å². The molecule has 0 aliphatic carbocycles. The van der Waals surface area contributed by atoms with Crippen LogP contribution in [0.15, 0.2) is 84.9 Å². The molecule has 4 N–H and O–H groups in total. The summed E-state index contributed by atoms with van der Waals surface area (Å²) in [5.41, 5.74) is 25.1. The highest BCUT2D eigenvalue weighted by atomic mass is 14.5. The molecule has 4 aromatic carbocycles. The van der Waals surface area contributed by atoms with Gasteiger partial charge in [-0.15, -0.1) is 0 Å². The zero-order valence-electron chi connectivity index (χ0n) is 26.1. The molecule has 0 amide bonds. The van der Waals surface area contributed by atoms with Crippen molar-refractivity contribution in [3.63, 3.8) is 0 Å². The summed E-state index contributed by atoms with van der Waals surface area (Å²) in [5, 5.41) is 0. The second-order valence-corrected chi connectivity index (χ2v) is 12.2. The summed E-state index contributed by atoms with van der Waals surface area (Å²) in [6.07, 6.45) is 16.9. The van der Waals surface area contributed by atoms with Crippen LogP contribution in [0.1, 0.15) is 110 Å². The first-order chi connectivity index (χ1) is 20.5. The third kappa shape index (κ3) is 10.1. The zero-order valence-corrected chi connectivity index (χ0v) is 26.1. The van der Waals surface area contributed by atoms with Crippen LogP contribution in [0, 0.1) is 0 Å². The Hall–Kier alpha value is -3.52. The van der Waals surface area contributed by atoms with Crippen molar-refractivity contribution in [2.75, 3.05) is 11.5 Å². The molecule has 0 heterocycles. The molecular weight excluding hydrogens is 508 g/mol. The van der Waals surface area contributed by atoms with Gasteiger partial charge in [-0.1, -0.05) is 100 Å². The maximum atomic E-state index is 5.88. The molecule has 0 spiro atoms. The van der Waals surface area contributed by atoms with E-state index in [-0.39, 0.29) is 0 Å². The van der Waals surface area contributed by atoms with E-state index in [1.165, 1.54) is 99.3 Å². The van der Waals surface area contributed by atoms with Crippen LogP contribution >= 0.6 is 0 Å². The van der Waals surface area contributed by atoms with Gasteiger partial charge in [0.15, 0.2) is 0 Å². The molecule has 0 aliphatic heterocycles. The van der Waals surface area contributed by atoms with Gasteiger partial charge in [-0.25, -0.2) is 0 Å². The van der Waals surface area contributed by atoms with Crippen molar-refractivity contribution in [3.8, 4) is 0 Å². The maximum Gasteiger partial charge on any atom is 0.0314 e. The second-order valence-electron chi connectivity index (χ2n) is 12.2. The Bertz CT molecular complexity index is 1240. The molecule has 0 bridgehead atoms. The topological polar surface area (TPSA) is 52.0 Å². The second kappa shape index (κ2) is 16.8. The molecule has 42 heavy (non-hydrogen) atoms. The van der Waals surface area contributed by atoms with Gasteiger partial charge in [0.2, 0.25) is 0 Å². The number of anilines is 2. The summed E-state index contributed by atoms with van der Waals surface area (Å²) < 4.78 is 0. The predicted molar refractivity (Wildman–Crippen MR) is 183 cm³/mol. The lowest BCUT2D eigenvalue weighted by molar-refractivity contribution is 0.635. The van der Waals surface area contributed by atoms with Crippen LogP contribution in [0.5, 0.6) is 0 Å². The molecular formula is C40H52N2. The minimum atomic E-state index is 0.831. The van der Waals surface area contributed by atoms with Crippen molar-refractivity contribution in [1.29, 1.82) is 0 Å². The van der Waals surface area contributed by atoms with Gasteiger partial charge in [0.25, 0.3) is 0 Å². The smallest absolute Gasteiger partial charge is 0.0314 e. The van der Waals surface area contributed by atoms with Gasteiger partial charge < -0.3 is 11.5 Å². The maximum absolute atomic E-state index is 5.88. The highest BCUT2D eigenvalue weighted by Crippen LogP contribution is 2.23. The Morgan fingerprint density at radius 1 is 0.381 bits per heavy atom. The third-order valence-electron chi connectivity index (χ3n) is 8.56. The Balaban J connectivity index is 1.27. The summed E-state index contributed by atoms with van der Waals surface area (Å²) in [4.78, 5) is 0. The predicted octanol–water partition coefficient (Wildman–Crippen LogP) is 10.1. The lowest BCUT2D eigenvalue weighted by Gasteiger charge is -2.13. The molecule has 0 aliphatic rings. The minimum Gasteiger partial charge on any atom is -0.399 e. The van der Waals surface area contributed by atoms with E-state index in [4.69, 9.17) is 11.5 Å². The summed E-state index contributed by atoms with van der Waals surface area (Å²) in [7, 11) is 0. The molecule has 0 aromatic heterocycles. The largest absolute Gasteiger partial charge is 0.399 e. The van der Waals surface area contributed by atoms with Gasteiger partial charge in [-0.3, -0.25) is 0 Å². The molecule has 2 nitrogen and oxygen atoms in total. The Morgan fingerprint density at radius 2 is 0.738 bits per heavy atom. The summed E-state index contributed by atoms with van der Waals surface area (Å²) in [6.45, 7) is 4.58. The lowest BCUT2D eigenvalue weighted by atomic mass is 9.92. The van der Waals surface area contributed by atoms with E-state index >= 15 is 0 Å². The minimum absolute atomic E-state index is 0.831. The molecule has 4 rings (SSSR count). The molecule has 0 atom stereocenters. The highest BCUT2D eigenvalue weighted by Gasteiger charge is 2.08. The van der Waals surface area contributed by atoms with Crippen LogP contribution in [-0.4, -0.2) is 0 Å². The van der Waals surface area contributed by atoms with Crippen molar-refractivity contribution in [1.82, 2.24) is 0 Å². The lowest BCUT2D eigenvalue weighted by Crippen LogP contribution is -2.00. The molecule has 2 heteroatoms. The van der Waals surface area contributed by atoms with Crippen LogP contribution in [0.25, 0.3) is 0 Å². The summed E-state index contributed by atoms with van der Waals surface area (Å²) in [5.74, 6) is 0. The summed E-state index contributed by atoms with van der Waals surface area (Å²) in [6, 6.07) is 31.1. The van der Waals surface area contributed by atoms with Crippen LogP contribution in [0.2, 0.25) is 0 Å². The number of hydrogen-bond donors (Lipinski definition) is 2. The molecule has 4 aromatic rings. The van der Waals surface area contributed by atoms with Crippen molar-refractivity contribution < 1.29 is 0 Å². The first-order valence-electron chi connectivity index (χ1n) is 16.4. The molecule has 0 fully saturated rings. The fourth-order valence-corrected chi connectivity index (χ4v) is 5.99. The quantitative estimate of drug-likeness (QED) is 0.0997. The van der Waals surface area contributed by atoms with Gasteiger partial charge >= 0.3 is 0 Å². The number of hydrogen-bond acceptors (Lipinski definition) is 2. The van der Waals surface area contributed by atoms with E-state index in [1.807, 2.05) is 24.3 Å². The molecule has 0 saturated heterocycles. The SMILES string of the molecule is CCCCc1cc(Cc2ccc(N)cc2)ccc1CCCCCCc1ccc(Cc2ccc(N)cc2)cc1CCCC.